The highest BCUT2D eigenvalue weighted by Crippen LogP contribution is 2.56. The molecule has 228 valence electrons. The van der Waals surface area contributed by atoms with Crippen LogP contribution in [0, 0.1) is 11.8 Å². The number of phenols is 1. The van der Waals surface area contributed by atoms with E-state index in [1.807, 2.05) is 30.3 Å². The Hall–Kier alpha value is -4.98. The molecule has 0 spiro atoms. The minimum Gasteiger partial charge on any atom is -0.508 e. The van der Waals surface area contributed by atoms with Gasteiger partial charge in [0.2, 0.25) is 5.78 Å². The van der Waals surface area contributed by atoms with E-state index in [0.29, 0.717) is 11.3 Å². The molecule has 0 radical (unpaired) electrons. The number of likely N-dealkylation sites (N-methyl/N-ethyl adjacent to an activating group) is 1. The summed E-state index contributed by atoms with van der Waals surface area (Å²) in [4.78, 5) is 45.1. The first-order chi connectivity index (χ1) is 20.8. The summed E-state index contributed by atoms with van der Waals surface area (Å²) >= 11 is 0. The molecule has 13 nitrogen and oxygen atoms in total. The summed E-state index contributed by atoms with van der Waals surface area (Å²) in [6.07, 6.45) is -0.177. The topological polar surface area (TPSA) is 220 Å². The van der Waals surface area contributed by atoms with E-state index in [9.17, 15) is 39.9 Å². The van der Waals surface area contributed by atoms with Crippen molar-refractivity contribution in [1.29, 1.82) is 0 Å². The Morgan fingerprint density at radius 1 is 1.09 bits per heavy atom. The molecule has 0 bridgehead atoms. The van der Waals surface area contributed by atoms with Crippen LogP contribution in [0.25, 0.3) is 17.1 Å². The van der Waals surface area contributed by atoms with Gasteiger partial charge in [0, 0.05) is 17.1 Å². The summed E-state index contributed by atoms with van der Waals surface area (Å²) in [6, 6.07) is 10.9. The molecule has 3 aliphatic carbocycles. The van der Waals surface area contributed by atoms with Crippen LogP contribution in [0.4, 0.5) is 11.7 Å². The zero-order valence-corrected chi connectivity index (χ0v) is 23.8. The van der Waals surface area contributed by atoms with E-state index in [-0.39, 0.29) is 17.3 Å². The Labute approximate surface area is 250 Å². The van der Waals surface area contributed by atoms with Gasteiger partial charge in [-0.2, -0.15) is 0 Å². The number of nitrogens with two attached hydrogens (primary N) is 1. The first-order valence-corrected chi connectivity index (χ1v) is 13.8. The number of primary amides is 1. The Morgan fingerprint density at radius 3 is 2.41 bits per heavy atom. The molecule has 3 aromatic rings. The third-order valence-electron chi connectivity index (χ3n) is 8.94. The summed E-state index contributed by atoms with van der Waals surface area (Å²) in [5, 5.41) is 60.2. The molecule has 6 atom stereocenters. The first-order valence-electron chi connectivity index (χ1n) is 13.8. The Bertz CT molecular complexity index is 1790. The SMILES string of the molecule is C[C@@H]1c2ccc(Nc3ncc(-c4ccccc4)o3)c(O)c2C(O)=C2C(=O)[C@@]3(O)C(O)=C(C(N)=O)C(=O)[C@H](N(C)C)[C@H]3[C@H](O)[C@H]21. The predicted octanol–water partition coefficient (Wildman–Crippen LogP) is 1.89. The van der Waals surface area contributed by atoms with Crippen molar-refractivity contribution in [3.63, 3.8) is 0 Å². The number of hydrogen-bond acceptors (Lipinski definition) is 12. The van der Waals surface area contributed by atoms with Crippen molar-refractivity contribution < 1.29 is 44.3 Å². The number of Topliss-reactive ketones (excluding diaryl/α,β-unsaturated/α-hetero) is 2. The average Bonchev–Trinajstić information content (AvgIpc) is 3.45. The van der Waals surface area contributed by atoms with Crippen LogP contribution in [-0.2, 0) is 14.4 Å². The van der Waals surface area contributed by atoms with Crippen LogP contribution in [0.5, 0.6) is 5.75 Å². The lowest BCUT2D eigenvalue weighted by atomic mass is 9.54. The van der Waals surface area contributed by atoms with Crippen LogP contribution in [0.1, 0.15) is 24.0 Å². The Morgan fingerprint density at radius 2 is 1.77 bits per heavy atom. The number of rotatable bonds is 5. The maximum absolute atomic E-state index is 14.1. The van der Waals surface area contributed by atoms with Crippen molar-refractivity contribution in [3.8, 4) is 17.1 Å². The molecule has 1 saturated carbocycles. The fourth-order valence-electron chi connectivity index (χ4n) is 6.90. The van der Waals surface area contributed by atoms with E-state index in [1.165, 1.54) is 31.3 Å². The number of fused-ring (bicyclic) bond motifs is 3. The fraction of sp³-hybridized carbons (Fsp3) is 0.290. The van der Waals surface area contributed by atoms with Crippen molar-refractivity contribution in [1.82, 2.24) is 9.88 Å². The second-order valence-electron chi connectivity index (χ2n) is 11.5. The lowest BCUT2D eigenvalue weighted by molar-refractivity contribution is -0.169. The molecule has 6 rings (SSSR count). The molecular formula is C31H30N4O9. The molecular weight excluding hydrogens is 572 g/mol. The van der Waals surface area contributed by atoms with E-state index < -0.39 is 81.4 Å². The van der Waals surface area contributed by atoms with Crippen LogP contribution in [0.3, 0.4) is 0 Å². The molecule has 1 amide bonds. The Balaban J connectivity index is 1.47. The van der Waals surface area contributed by atoms with E-state index in [1.54, 1.807) is 13.0 Å². The number of benzene rings is 2. The lowest BCUT2D eigenvalue weighted by Crippen LogP contribution is -2.70. The van der Waals surface area contributed by atoms with E-state index in [2.05, 4.69) is 10.3 Å². The quantitative estimate of drug-likeness (QED) is 0.164. The minimum atomic E-state index is -2.99. The standard InChI is InChI=1S/C31H30N4O9/c1-12-14-9-10-15(34-30-33-11-16(44-30)13-7-5-4-6-8-13)23(36)18(14)24(37)19-17(12)25(38)21-22(35(2)3)26(39)20(29(32)42)28(41)31(21,43)27(19)40/h4-12,17,21-22,25,36-38,41,43H,1-3H3,(H2,32,42)(H,33,34)/t12-,17+,21+,22-,25-,31-/m1/s1. The molecule has 0 aliphatic heterocycles. The predicted molar refractivity (Wildman–Crippen MR) is 156 cm³/mol. The highest BCUT2D eigenvalue weighted by atomic mass is 16.4. The summed E-state index contributed by atoms with van der Waals surface area (Å²) in [5.74, 6) is -9.13. The van der Waals surface area contributed by atoms with Gasteiger partial charge < -0.3 is 41.0 Å². The maximum atomic E-state index is 14.1. The molecule has 13 heteroatoms. The summed E-state index contributed by atoms with van der Waals surface area (Å²) in [7, 11) is 2.90. The molecule has 8 N–H and O–H groups in total. The van der Waals surface area contributed by atoms with Crippen LogP contribution in [0.2, 0.25) is 0 Å². The van der Waals surface area contributed by atoms with Gasteiger partial charge in [-0.05, 0) is 31.6 Å². The minimum absolute atomic E-state index is 0.0324. The number of aliphatic hydroxyl groups is 4. The average molecular weight is 603 g/mol. The number of aliphatic hydroxyl groups excluding tert-OH is 3. The van der Waals surface area contributed by atoms with Crippen LogP contribution >= 0.6 is 0 Å². The number of carbonyl (C=O) groups excluding carboxylic acids is 3. The number of aromatic nitrogens is 1. The maximum Gasteiger partial charge on any atom is 0.299 e. The lowest BCUT2D eigenvalue weighted by Gasteiger charge is -2.53. The fourth-order valence-corrected chi connectivity index (χ4v) is 6.90. The molecule has 0 saturated heterocycles. The first kappa shape index (κ1) is 29.1. The van der Waals surface area contributed by atoms with Crippen molar-refractivity contribution in [2.75, 3.05) is 19.4 Å². The number of oxazole rings is 1. The van der Waals surface area contributed by atoms with Gasteiger partial charge >= 0.3 is 0 Å². The molecule has 3 aliphatic rings. The van der Waals surface area contributed by atoms with Crippen molar-refractivity contribution >= 4 is 34.9 Å². The van der Waals surface area contributed by atoms with Gasteiger partial charge in [-0.3, -0.25) is 19.3 Å². The second kappa shape index (κ2) is 10.0. The zero-order chi connectivity index (χ0) is 31.8. The van der Waals surface area contributed by atoms with Crippen LogP contribution < -0.4 is 11.1 Å². The number of nitrogens with one attached hydrogen (secondary N) is 1. The normalized spacial score (nSPS) is 28.1. The van der Waals surface area contributed by atoms with E-state index in [0.717, 1.165) is 5.56 Å². The van der Waals surface area contributed by atoms with E-state index in [4.69, 9.17) is 10.2 Å². The summed E-state index contributed by atoms with van der Waals surface area (Å²) in [5.41, 5.74) is 1.98. The summed E-state index contributed by atoms with van der Waals surface area (Å²) in [6.45, 7) is 1.66. The van der Waals surface area contributed by atoms with Crippen LogP contribution in [0.15, 0.2) is 70.0 Å². The smallest absolute Gasteiger partial charge is 0.299 e. The number of anilines is 2. The monoisotopic (exact) mass is 602 g/mol. The van der Waals surface area contributed by atoms with Crippen molar-refractivity contribution in [2.45, 2.75) is 30.6 Å². The van der Waals surface area contributed by atoms with Gasteiger partial charge in [0.1, 0.15) is 22.8 Å². The third kappa shape index (κ3) is 3.90. The highest BCUT2D eigenvalue weighted by Gasteiger charge is 2.68. The number of ketones is 2. The molecule has 44 heavy (non-hydrogen) atoms. The molecule has 2 aromatic carbocycles. The van der Waals surface area contributed by atoms with Crippen LogP contribution in [-0.4, -0.2) is 84.7 Å². The van der Waals surface area contributed by atoms with Gasteiger partial charge in [-0.25, -0.2) is 4.98 Å². The van der Waals surface area contributed by atoms with Gasteiger partial charge in [0.05, 0.1) is 35.5 Å². The number of carbonyl (C=O) groups is 3. The number of aromatic hydroxyl groups is 1. The summed E-state index contributed by atoms with van der Waals surface area (Å²) < 4.78 is 5.76. The number of hydrogen-bond donors (Lipinski definition) is 7. The molecule has 0 unspecified atom stereocenters. The number of nitrogens with zero attached hydrogens (tertiary/aromatic N) is 2. The number of amides is 1. The Kier molecular flexibility index (Phi) is 6.65. The number of phenolic OH excluding ortho intramolecular Hbond substituents is 1. The van der Waals surface area contributed by atoms with Gasteiger partial charge in [0.15, 0.2) is 17.1 Å². The van der Waals surface area contributed by atoms with Crippen molar-refractivity contribution in [2.24, 2.45) is 17.6 Å². The third-order valence-corrected chi connectivity index (χ3v) is 8.94. The van der Waals surface area contributed by atoms with Gasteiger partial charge in [-0.1, -0.05) is 43.3 Å². The highest BCUT2D eigenvalue weighted by molar-refractivity contribution is 6.24. The largest absolute Gasteiger partial charge is 0.508 e. The van der Waals surface area contributed by atoms with E-state index >= 15 is 0 Å². The van der Waals surface area contributed by atoms with Crippen molar-refractivity contribution in [3.05, 3.63) is 76.7 Å². The zero-order valence-electron chi connectivity index (χ0n) is 23.8. The molecule has 1 aromatic heterocycles. The second-order valence-corrected chi connectivity index (χ2v) is 11.5. The molecule has 1 fully saturated rings. The van der Waals surface area contributed by atoms with Gasteiger partial charge in [-0.15, -0.1) is 0 Å². The molecule has 1 heterocycles. The van der Waals surface area contributed by atoms with Gasteiger partial charge in [0.25, 0.3) is 11.9 Å².